The minimum atomic E-state index is -0.203. The highest BCUT2D eigenvalue weighted by Crippen LogP contribution is 2.17. The summed E-state index contributed by atoms with van der Waals surface area (Å²) in [5, 5.41) is 3.22. The lowest BCUT2D eigenvalue weighted by Gasteiger charge is -2.36. The minimum absolute atomic E-state index is 0. The summed E-state index contributed by atoms with van der Waals surface area (Å²) in [7, 11) is 0. The quantitative estimate of drug-likeness (QED) is 0.570. The van der Waals surface area contributed by atoms with E-state index in [1.807, 2.05) is 0 Å². The van der Waals surface area contributed by atoms with Crippen molar-refractivity contribution in [1.29, 1.82) is 0 Å². The van der Waals surface area contributed by atoms with Gasteiger partial charge in [0.25, 0.3) is 0 Å². The van der Waals surface area contributed by atoms with Gasteiger partial charge in [0, 0.05) is 12.5 Å². The van der Waals surface area contributed by atoms with Crippen LogP contribution in [0.3, 0.4) is 0 Å². The van der Waals surface area contributed by atoms with Crippen LogP contribution in [0.2, 0.25) is 0 Å². The van der Waals surface area contributed by atoms with Gasteiger partial charge >= 0.3 is 0 Å². The van der Waals surface area contributed by atoms with Crippen LogP contribution >= 0.6 is 11.6 Å². The smallest absolute Gasteiger partial charge is 0.221 e. The highest BCUT2D eigenvalue weighted by atomic mass is 35.5. The van der Waals surface area contributed by atoms with E-state index in [1.54, 1.807) is 0 Å². The van der Waals surface area contributed by atoms with E-state index in [2.05, 4.69) is 17.1 Å². The number of nitrogens with zero attached hydrogens (tertiary/aromatic N) is 1. The maximum absolute atomic E-state index is 10.2. The lowest BCUT2D eigenvalue weighted by Crippen LogP contribution is -2.45. The normalized spacial score (nSPS) is 19.7. The highest BCUT2D eigenvalue weighted by Gasteiger charge is 2.21. The predicted octanol–water partition coefficient (Wildman–Crippen LogP) is 4.58. The first-order chi connectivity index (χ1) is 10.2. The van der Waals surface area contributed by atoms with Gasteiger partial charge in [0.15, 0.2) is 0 Å². The highest BCUT2D eigenvalue weighted by molar-refractivity contribution is 6.63. The topological polar surface area (TPSA) is 32.3 Å². The van der Waals surface area contributed by atoms with Crippen LogP contribution in [-0.4, -0.2) is 42.4 Å². The molecule has 0 aromatic rings. The van der Waals surface area contributed by atoms with Crippen molar-refractivity contribution in [3.63, 3.8) is 0 Å². The molecule has 0 radical (unpaired) electrons. The van der Waals surface area contributed by atoms with Crippen molar-refractivity contribution in [2.24, 2.45) is 0 Å². The van der Waals surface area contributed by atoms with Crippen molar-refractivity contribution in [2.45, 2.75) is 84.6 Å². The predicted molar refractivity (Wildman–Crippen MR) is 97.7 cm³/mol. The van der Waals surface area contributed by atoms with Crippen LogP contribution in [0.5, 0.6) is 0 Å². The summed E-state index contributed by atoms with van der Waals surface area (Å²) in [6, 6.07) is 0.909. The van der Waals surface area contributed by atoms with E-state index >= 15 is 0 Å². The molecule has 0 aromatic carbocycles. The molecule has 1 N–H and O–H groups in total. The summed E-state index contributed by atoms with van der Waals surface area (Å²) in [5.41, 5.74) is 0. The Kier molecular flexibility index (Phi) is 14.4. The van der Waals surface area contributed by atoms with Crippen molar-refractivity contribution in [3.8, 4) is 0 Å². The van der Waals surface area contributed by atoms with E-state index in [9.17, 15) is 4.79 Å². The van der Waals surface area contributed by atoms with Gasteiger partial charge in [-0.3, -0.25) is 4.79 Å². The number of unbranched alkanes of at least 4 members (excludes halogenated alkanes) is 3. The summed E-state index contributed by atoms with van der Waals surface area (Å²) < 4.78 is 0. The number of likely N-dealkylation sites (tertiary alicyclic amines) is 1. The Morgan fingerprint density at radius 3 is 2.27 bits per heavy atom. The molecule has 132 valence electrons. The molecule has 2 aliphatic heterocycles. The molecule has 3 nitrogen and oxygen atoms in total. The number of nitrogens with one attached hydrogen (secondary N) is 1. The van der Waals surface area contributed by atoms with Crippen LogP contribution in [0.1, 0.15) is 78.6 Å². The Morgan fingerprint density at radius 2 is 1.73 bits per heavy atom. The van der Waals surface area contributed by atoms with Crippen molar-refractivity contribution >= 4 is 16.8 Å². The third-order valence-corrected chi connectivity index (χ3v) is 4.63. The van der Waals surface area contributed by atoms with Gasteiger partial charge in [0.05, 0.1) is 0 Å². The average molecular weight is 333 g/mol. The lowest BCUT2D eigenvalue weighted by molar-refractivity contribution is -0.111. The number of rotatable bonds is 6. The number of halogens is 1. The third kappa shape index (κ3) is 10.6. The van der Waals surface area contributed by atoms with Crippen molar-refractivity contribution < 1.29 is 4.79 Å². The fourth-order valence-electron chi connectivity index (χ4n) is 3.15. The first kappa shape index (κ1) is 21.9. The van der Waals surface area contributed by atoms with E-state index < -0.39 is 0 Å². The van der Waals surface area contributed by atoms with Crippen molar-refractivity contribution in [3.05, 3.63) is 0 Å². The summed E-state index contributed by atoms with van der Waals surface area (Å²) in [5.74, 6) is 0. The molecule has 2 heterocycles. The second-order valence-electron chi connectivity index (χ2n) is 6.24. The largest absolute Gasteiger partial charge is 0.317 e. The van der Waals surface area contributed by atoms with E-state index in [4.69, 9.17) is 11.6 Å². The summed E-state index contributed by atoms with van der Waals surface area (Å²) in [6.45, 7) is 7.35. The molecule has 0 aromatic heterocycles. The van der Waals surface area contributed by atoms with E-state index in [-0.39, 0.29) is 12.7 Å². The van der Waals surface area contributed by atoms with Crippen LogP contribution < -0.4 is 5.32 Å². The molecule has 0 bridgehead atoms. The van der Waals surface area contributed by atoms with E-state index in [0.29, 0.717) is 6.42 Å². The molecule has 2 saturated heterocycles. The maximum atomic E-state index is 10.2. The molecular formula is C18H37ClN2O. The number of piperidine rings is 2. The average Bonchev–Trinajstić information content (AvgIpc) is 2.54. The molecule has 2 fully saturated rings. The number of hydrogen-bond donors (Lipinski definition) is 1. The van der Waals surface area contributed by atoms with Crippen molar-refractivity contribution in [2.75, 3.05) is 26.2 Å². The molecule has 0 spiro atoms. The van der Waals surface area contributed by atoms with Gasteiger partial charge in [-0.25, -0.2) is 0 Å². The Balaban J connectivity index is 0.000000402. The zero-order valence-electron chi connectivity index (χ0n) is 13.7. The van der Waals surface area contributed by atoms with Crippen molar-refractivity contribution in [1.82, 2.24) is 10.2 Å². The Labute approximate surface area is 143 Å². The van der Waals surface area contributed by atoms with Gasteiger partial charge in [-0.05, 0) is 69.9 Å². The first-order valence-corrected chi connectivity index (χ1v) is 9.25. The van der Waals surface area contributed by atoms with Gasteiger partial charge in [0.1, 0.15) is 0 Å². The van der Waals surface area contributed by atoms with Crippen LogP contribution in [-0.2, 0) is 4.79 Å². The molecule has 0 amide bonds. The Hall–Kier alpha value is -0.120. The second-order valence-corrected chi connectivity index (χ2v) is 6.67. The molecular weight excluding hydrogens is 296 g/mol. The lowest BCUT2D eigenvalue weighted by atomic mass is 10.0. The van der Waals surface area contributed by atoms with Gasteiger partial charge < -0.3 is 10.2 Å². The molecule has 2 aliphatic rings. The Bertz CT molecular complexity index is 246. The van der Waals surface area contributed by atoms with Crippen LogP contribution in [0.4, 0.5) is 0 Å². The molecule has 22 heavy (non-hydrogen) atoms. The number of hydrogen-bond acceptors (Lipinski definition) is 3. The maximum Gasteiger partial charge on any atom is 0.221 e. The molecule has 0 atom stereocenters. The van der Waals surface area contributed by atoms with Crippen LogP contribution in [0, 0.1) is 0 Å². The molecule has 2 rings (SSSR count). The first-order valence-electron chi connectivity index (χ1n) is 8.87. The zero-order valence-corrected chi connectivity index (χ0v) is 14.5. The van der Waals surface area contributed by atoms with Gasteiger partial charge in [0.2, 0.25) is 5.24 Å². The molecule has 4 heteroatoms. The number of carbonyl (C=O) groups excluding carboxylic acids is 1. The molecule has 0 unspecified atom stereocenters. The van der Waals surface area contributed by atoms with Gasteiger partial charge in [-0.1, -0.05) is 40.0 Å². The van der Waals surface area contributed by atoms with E-state index in [0.717, 1.165) is 18.9 Å². The van der Waals surface area contributed by atoms with Gasteiger partial charge in [-0.2, -0.15) is 0 Å². The molecule has 0 aliphatic carbocycles. The fraction of sp³-hybridized carbons (Fsp3) is 0.944. The summed E-state index contributed by atoms with van der Waals surface area (Å²) >= 11 is 5.12. The standard InChI is InChI=1S/C10H20N2.C7H13ClO.CH4/c1-2-8-12(9-3-1)10-4-6-11-7-5-10;1-2-3-4-5-6-7(8)9;/h10-11H,1-9H2;2-6H2,1H3;1H4. The Morgan fingerprint density at radius 1 is 1.09 bits per heavy atom. The second kappa shape index (κ2) is 14.5. The minimum Gasteiger partial charge on any atom is -0.317 e. The summed E-state index contributed by atoms with van der Waals surface area (Å²) in [4.78, 5) is 12.9. The zero-order chi connectivity index (χ0) is 15.3. The number of carbonyl (C=O) groups is 1. The van der Waals surface area contributed by atoms with Crippen LogP contribution in [0.15, 0.2) is 0 Å². The summed E-state index contributed by atoms with van der Waals surface area (Å²) in [6.07, 6.45) is 12.1. The van der Waals surface area contributed by atoms with Crippen LogP contribution in [0.25, 0.3) is 0 Å². The fourth-order valence-corrected chi connectivity index (χ4v) is 3.28. The monoisotopic (exact) mass is 332 g/mol. The SMILES string of the molecule is C.C1CCN(C2CCNCC2)CC1.CCCCCCC(=O)Cl. The van der Waals surface area contributed by atoms with Gasteiger partial charge in [-0.15, -0.1) is 0 Å². The molecule has 0 saturated carbocycles. The third-order valence-electron chi connectivity index (χ3n) is 4.44. The van der Waals surface area contributed by atoms with E-state index in [1.165, 1.54) is 71.1 Å².